The maximum absolute atomic E-state index is 13.3. The molecule has 178 valence electrons. The molecule has 0 aliphatic carbocycles. The Morgan fingerprint density at radius 1 is 1.00 bits per heavy atom. The zero-order valence-corrected chi connectivity index (χ0v) is 19.7. The number of rotatable bonds is 8. The van der Waals surface area contributed by atoms with Gasteiger partial charge in [0, 0.05) is 36.9 Å². The molecule has 1 amide bonds. The van der Waals surface area contributed by atoms with Gasteiger partial charge in [0.1, 0.15) is 25.2 Å². The number of hydrogen-bond donors (Lipinski definition) is 1. The number of aromatic nitrogens is 4. The normalized spacial score (nSPS) is 22.2. The number of piperidine rings is 1. The number of benzene rings is 2. The fraction of sp³-hybridized carbons (Fsp3) is 0.400. The van der Waals surface area contributed by atoms with Gasteiger partial charge in [0.25, 0.3) is 0 Å². The summed E-state index contributed by atoms with van der Waals surface area (Å²) in [5.74, 6) is 0.281. The summed E-state index contributed by atoms with van der Waals surface area (Å²) in [7, 11) is 0. The molecular weight excluding hydrogens is 432 g/mol. The molecule has 9 nitrogen and oxygen atoms in total. The van der Waals surface area contributed by atoms with Crippen LogP contribution in [0.4, 0.5) is 5.69 Å². The van der Waals surface area contributed by atoms with Crippen molar-refractivity contribution in [1.29, 1.82) is 0 Å². The van der Waals surface area contributed by atoms with E-state index in [9.17, 15) is 9.59 Å². The third-order valence-electron chi connectivity index (χ3n) is 6.54. The van der Waals surface area contributed by atoms with Gasteiger partial charge in [-0.2, -0.15) is 0 Å². The molecule has 1 aliphatic heterocycles. The summed E-state index contributed by atoms with van der Waals surface area (Å²) in [6, 6.07) is 19.6. The monoisotopic (exact) mass is 463 g/mol. The van der Waals surface area contributed by atoms with Crippen molar-refractivity contribution in [3.05, 3.63) is 72.1 Å². The van der Waals surface area contributed by atoms with Crippen LogP contribution in [0.25, 0.3) is 0 Å². The van der Waals surface area contributed by atoms with E-state index in [1.807, 2.05) is 72.5 Å². The van der Waals surface area contributed by atoms with Crippen LogP contribution in [0.15, 0.2) is 60.7 Å². The van der Waals surface area contributed by atoms with Crippen molar-refractivity contribution in [2.75, 3.05) is 18.0 Å². The first-order valence-electron chi connectivity index (χ1n) is 11.8. The molecule has 34 heavy (non-hydrogen) atoms. The minimum atomic E-state index is -0.783. The molecule has 1 saturated heterocycles. The Morgan fingerprint density at radius 3 is 2.21 bits per heavy atom. The molecule has 2 aromatic carbocycles. The van der Waals surface area contributed by atoms with E-state index in [1.54, 1.807) is 6.92 Å². The molecule has 2 heterocycles. The largest absolute Gasteiger partial charge is 0.366 e. The zero-order chi connectivity index (χ0) is 24.0. The van der Waals surface area contributed by atoms with Gasteiger partial charge in [-0.1, -0.05) is 62.4 Å². The highest BCUT2D eigenvalue weighted by Gasteiger charge is 2.53. The van der Waals surface area contributed by atoms with E-state index in [-0.39, 0.29) is 16.5 Å². The van der Waals surface area contributed by atoms with Crippen molar-refractivity contribution >= 4 is 17.6 Å². The Labute approximate surface area is 199 Å². The number of hydrogen-bond acceptors (Lipinski definition) is 6. The second-order valence-corrected chi connectivity index (χ2v) is 8.67. The SMILES string of the molecule is CCC(=O)O[N+]1(Cc2ccccc2)CCC(c2nnn[nH]2)(N(C(=O)CC)c2ccccc2)CC1. The second-order valence-electron chi connectivity index (χ2n) is 8.67. The van der Waals surface area contributed by atoms with Gasteiger partial charge in [0.2, 0.25) is 5.91 Å². The average Bonchev–Trinajstić information content (AvgIpc) is 3.42. The van der Waals surface area contributed by atoms with E-state index in [0.29, 0.717) is 51.1 Å². The van der Waals surface area contributed by atoms with Crippen LogP contribution >= 0.6 is 0 Å². The van der Waals surface area contributed by atoms with E-state index in [1.165, 1.54) is 0 Å². The molecule has 1 fully saturated rings. The Balaban J connectivity index is 1.73. The molecule has 1 N–H and O–H groups in total. The maximum Gasteiger partial charge on any atom is 0.366 e. The van der Waals surface area contributed by atoms with Crippen LogP contribution in [0.2, 0.25) is 0 Å². The summed E-state index contributed by atoms with van der Waals surface area (Å²) in [6.07, 6.45) is 1.69. The standard InChI is InChI=1S/C25H31N6O3/c1-3-22(32)30(21-13-9-6-10-14-21)25(24-26-28-29-27-24)15-17-31(18-16-25,34-23(33)4-2)19-20-11-7-5-8-12-20/h5-14H,3-4,15-19H2,1-2H3,(H,26,27,28,29)/q+1. The Hall–Kier alpha value is -3.59. The molecule has 0 bridgehead atoms. The lowest BCUT2D eigenvalue weighted by atomic mass is 9.83. The van der Waals surface area contributed by atoms with Crippen LogP contribution in [-0.2, 0) is 26.5 Å². The van der Waals surface area contributed by atoms with Crippen LogP contribution in [0.5, 0.6) is 0 Å². The molecule has 3 aromatic rings. The lowest BCUT2D eigenvalue weighted by Crippen LogP contribution is -2.62. The lowest BCUT2D eigenvalue weighted by molar-refractivity contribution is -1.10. The molecule has 4 rings (SSSR count). The highest BCUT2D eigenvalue weighted by Crippen LogP contribution is 2.43. The predicted molar refractivity (Wildman–Crippen MR) is 126 cm³/mol. The number of nitrogens with one attached hydrogen (secondary N) is 1. The summed E-state index contributed by atoms with van der Waals surface area (Å²) in [5, 5.41) is 14.8. The number of anilines is 1. The van der Waals surface area contributed by atoms with E-state index >= 15 is 0 Å². The molecule has 1 aromatic heterocycles. The fourth-order valence-corrected chi connectivity index (χ4v) is 4.78. The van der Waals surface area contributed by atoms with Gasteiger partial charge in [0.05, 0.1) is 0 Å². The molecule has 9 heteroatoms. The molecule has 1 aliphatic rings. The summed E-state index contributed by atoms with van der Waals surface area (Å²) < 4.78 is 0.170. The van der Waals surface area contributed by atoms with Crippen LogP contribution in [0.3, 0.4) is 0 Å². The first kappa shape index (κ1) is 23.6. The zero-order valence-electron chi connectivity index (χ0n) is 19.7. The van der Waals surface area contributed by atoms with Gasteiger partial charge in [0.15, 0.2) is 5.82 Å². The van der Waals surface area contributed by atoms with Crippen molar-refractivity contribution in [1.82, 2.24) is 20.6 Å². The topological polar surface area (TPSA) is 101 Å². The first-order valence-corrected chi connectivity index (χ1v) is 11.8. The quantitative estimate of drug-likeness (QED) is 0.513. The van der Waals surface area contributed by atoms with Gasteiger partial charge >= 0.3 is 5.97 Å². The number of amides is 1. The Bertz CT molecular complexity index is 1080. The summed E-state index contributed by atoms with van der Waals surface area (Å²) in [5.41, 5.74) is 1.10. The maximum atomic E-state index is 13.3. The number of nitrogens with zero attached hydrogens (tertiary/aromatic N) is 5. The van der Waals surface area contributed by atoms with E-state index in [4.69, 9.17) is 4.84 Å². The van der Waals surface area contributed by atoms with Crippen LogP contribution in [-0.4, -0.2) is 50.2 Å². The van der Waals surface area contributed by atoms with E-state index in [2.05, 4.69) is 20.6 Å². The number of hydroxylamine groups is 3. The highest BCUT2D eigenvalue weighted by atomic mass is 16.7. The average molecular weight is 464 g/mol. The van der Waals surface area contributed by atoms with Gasteiger partial charge in [-0.05, 0) is 22.6 Å². The molecule has 0 atom stereocenters. The number of H-pyrrole nitrogens is 1. The van der Waals surface area contributed by atoms with Crippen LogP contribution in [0, 0.1) is 0 Å². The third-order valence-corrected chi connectivity index (χ3v) is 6.54. The van der Waals surface area contributed by atoms with Gasteiger partial charge in [-0.15, -0.1) is 9.75 Å². The van der Waals surface area contributed by atoms with E-state index < -0.39 is 5.54 Å². The third kappa shape index (κ3) is 4.70. The van der Waals surface area contributed by atoms with Crippen LogP contribution < -0.4 is 4.90 Å². The van der Waals surface area contributed by atoms with Gasteiger partial charge in [-0.3, -0.25) is 14.5 Å². The van der Waals surface area contributed by atoms with Crippen molar-refractivity contribution in [2.24, 2.45) is 0 Å². The number of tetrazole rings is 1. The number of carbonyl (C=O) groups is 2. The lowest BCUT2D eigenvalue weighted by Gasteiger charge is -2.49. The number of para-hydroxylation sites is 1. The molecule has 0 unspecified atom stereocenters. The molecule has 0 saturated carbocycles. The number of aromatic amines is 1. The molecule has 0 radical (unpaired) electrons. The highest BCUT2D eigenvalue weighted by molar-refractivity contribution is 5.94. The van der Waals surface area contributed by atoms with Crippen molar-refractivity contribution in [3.8, 4) is 0 Å². The predicted octanol–water partition coefficient (Wildman–Crippen LogP) is 3.52. The van der Waals surface area contributed by atoms with Gasteiger partial charge in [-0.25, -0.2) is 9.89 Å². The minimum Gasteiger partial charge on any atom is -0.298 e. The number of likely N-dealkylation sites (tertiary alicyclic amines) is 1. The number of quaternary nitrogens is 1. The second kappa shape index (κ2) is 10.1. The van der Waals surface area contributed by atoms with Crippen molar-refractivity contribution in [3.63, 3.8) is 0 Å². The smallest absolute Gasteiger partial charge is 0.298 e. The minimum absolute atomic E-state index is 0.0174. The summed E-state index contributed by atoms with van der Waals surface area (Å²) in [4.78, 5) is 33.7. The van der Waals surface area contributed by atoms with Gasteiger partial charge < -0.3 is 0 Å². The summed E-state index contributed by atoms with van der Waals surface area (Å²) in [6.45, 7) is 5.24. The molecule has 0 spiro atoms. The fourth-order valence-electron chi connectivity index (χ4n) is 4.78. The van der Waals surface area contributed by atoms with Crippen molar-refractivity contribution in [2.45, 2.75) is 51.6 Å². The summed E-state index contributed by atoms with van der Waals surface area (Å²) >= 11 is 0. The van der Waals surface area contributed by atoms with E-state index in [0.717, 1.165) is 11.3 Å². The van der Waals surface area contributed by atoms with Crippen LogP contribution in [0.1, 0.15) is 50.9 Å². The van der Waals surface area contributed by atoms with Crippen molar-refractivity contribution < 1.29 is 19.1 Å². The molecular formula is C25H31N6O3+. The number of carbonyl (C=O) groups excluding carboxylic acids is 2. The first-order chi connectivity index (χ1) is 16.5. The Morgan fingerprint density at radius 2 is 1.65 bits per heavy atom. The Kier molecular flexibility index (Phi) is 7.02.